The Hall–Kier alpha value is -1.02. The average molecular weight is 283 g/mol. The summed E-state index contributed by atoms with van der Waals surface area (Å²) in [6.07, 6.45) is 7.12. The highest BCUT2D eigenvalue weighted by Gasteiger charge is 2.17. The molecule has 2 nitrogen and oxygen atoms in total. The van der Waals surface area contributed by atoms with Gasteiger partial charge in [-0.05, 0) is 30.5 Å². The molecule has 0 aliphatic carbocycles. The quantitative estimate of drug-likeness (QED) is 0.651. The maximum Gasteiger partial charge on any atom is 0.306 e. The zero-order chi connectivity index (χ0) is 14.1. The highest BCUT2D eigenvalue weighted by Crippen LogP contribution is 2.19. The first-order valence-electron chi connectivity index (χ1n) is 7.10. The Kier molecular flexibility index (Phi) is 7.57. The molecule has 0 aliphatic rings. The van der Waals surface area contributed by atoms with E-state index in [1.807, 2.05) is 24.3 Å². The van der Waals surface area contributed by atoms with Gasteiger partial charge in [-0.2, -0.15) is 0 Å². The second kappa shape index (κ2) is 8.98. The summed E-state index contributed by atoms with van der Waals surface area (Å²) in [5.41, 5.74) is 1.01. The number of rotatable bonds is 9. The zero-order valence-electron chi connectivity index (χ0n) is 11.6. The van der Waals surface area contributed by atoms with Crippen LogP contribution in [-0.2, 0) is 11.2 Å². The topological polar surface area (TPSA) is 37.3 Å². The molecule has 0 amide bonds. The summed E-state index contributed by atoms with van der Waals surface area (Å²) in [6.45, 7) is 2.18. The van der Waals surface area contributed by atoms with Crippen molar-refractivity contribution >= 4 is 17.6 Å². The number of carboxylic acid groups (broad SMARTS) is 1. The van der Waals surface area contributed by atoms with Gasteiger partial charge in [-0.15, -0.1) is 0 Å². The van der Waals surface area contributed by atoms with Crippen molar-refractivity contribution in [3.63, 3.8) is 0 Å². The van der Waals surface area contributed by atoms with Gasteiger partial charge in [0.2, 0.25) is 0 Å². The minimum absolute atomic E-state index is 0.292. The number of carboxylic acids is 1. The molecule has 0 radical (unpaired) electrons. The minimum atomic E-state index is -0.699. The molecule has 0 saturated heterocycles. The van der Waals surface area contributed by atoms with Crippen molar-refractivity contribution in [3.05, 3.63) is 34.9 Å². The molecule has 1 aromatic carbocycles. The smallest absolute Gasteiger partial charge is 0.306 e. The lowest BCUT2D eigenvalue weighted by molar-refractivity contribution is -0.142. The second-order valence-corrected chi connectivity index (χ2v) is 5.51. The molecule has 0 saturated carbocycles. The summed E-state index contributed by atoms with van der Waals surface area (Å²) in [7, 11) is 0. The number of benzene rings is 1. The van der Waals surface area contributed by atoms with Gasteiger partial charge in [-0.3, -0.25) is 4.79 Å². The van der Waals surface area contributed by atoms with Crippen molar-refractivity contribution in [2.75, 3.05) is 0 Å². The van der Waals surface area contributed by atoms with Crippen molar-refractivity contribution in [2.24, 2.45) is 5.92 Å². The highest BCUT2D eigenvalue weighted by molar-refractivity contribution is 6.30. The Labute approximate surface area is 120 Å². The van der Waals surface area contributed by atoms with Crippen LogP contribution in [0, 0.1) is 5.92 Å². The predicted molar refractivity (Wildman–Crippen MR) is 79.7 cm³/mol. The van der Waals surface area contributed by atoms with Crippen LogP contribution in [0.3, 0.4) is 0 Å². The first-order chi connectivity index (χ1) is 9.13. The molecule has 0 aliphatic heterocycles. The monoisotopic (exact) mass is 282 g/mol. The van der Waals surface area contributed by atoms with Crippen LogP contribution in [0.25, 0.3) is 0 Å². The van der Waals surface area contributed by atoms with Crippen molar-refractivity contribution in [2.45, 2.75) is 51.9 Å². The Morgan fingerprint density at radius 1 is 1.26 bits per heavy atom. The van der Waals surface area contributed by atoms with Crippen LogP contribution >= 0.6 is 11.6 Å². The third-order valence-corrected chi connectivity index (χ3v) is 3.61. The predicted octanol–water partition coefficient (Wildman–Crippen LogP) is 4.94. The molecule has 0 aromatic heterocycles. The maximum atomic E-state index is 11.3. The average Bonchev–Trinajstić information content (AvgIpc) is 2.37. The summed E-state index contributed by atoms with van der Waals surface area (Å²) >= 11 is 5.92. The van der Waals surface area contributed by atoms with Gasteiger partial charge in [0.25, 0.3) is 0 Å². The SMILES string of the molecule is CCCCCCCC(Cc1cccc(Cl)c1)C(=O)O. The van der Waals surface area contributed by atoms with E-state index in [1.165, 1.54) is 19.3 Å². The molecule has 0 bridgehead atoms. The lowest BCUT2D eigenvalue weighted by atomic mass is 9.93. The molecule has 0 heterocycles. The Morgan fingerprint density at radius 2 is 2.00 bits per heavy atom. The summed E-state index contributed by atoms with van der Waals surface area (Å²) < 4.78 is 0. The number of unbranched alkanes of at least 4 members (excludes halogenated alkanes) is 4. The van der Waals surface area contributed by atoms with Crippen LogP contribution in [0.5, 0.6) is 0 Å². The van der Waals surface area contributed by atoms with Gasteiger partial charge in [0.05, 0.1) is 5.92 Å². The van der Waals surface area contributed by atoms with E-state index in [4.69, 9.17) is 11.6 Å². The van der Waals surface area contributed by atoms with Crippen molar-refractivity contribution in [1.29, 1.82) is 0 Å². The van der Waals surface area contributed by atoms with Gasteiger partial charge in [0.1, 0.15) is 0 Å². The first kappa shape index (κ1) is 16.0. The van der Waals surface area contributed by atoms with E-state index in [9.17, 15) is 9.90 Å². The maximum absolute atomic E-state index is 11.3. The van der Waals surface area contributed by atoms with E-state index in [0.29, 0.717) is 11.4 Å². The molecule has 0 spiro atoms. The third kappa shape index (κ3) is 6.63. The van der Waals surface area contributed by atoms with E-state index < -0.39 is 5.97 Å². The van der Waals surface area contributed by atoms with Gasteiger partial charge in [-0.1, -0.05) is 62.8 Å². The molecular weight excluding hydrogens is 260 g/mol. The van der Waals surface area contributed by atoms with Crippen LogP contribution in [0.2, 0.25) is 5.02 Å². The summed E-state index contributed by atoms with van der Waals surface area (Å²) in [4.78, 5) is 11.3. The zero-order valence-corrected chi connectivity index (χ0v) is 12.3. The van der Waals surface area contributed by atoms with E-state index in [2.05, 4.69) is 6.92 Å². The molecule has 106 valence electrons. The number of halogens is 1. The standard InChI is InChI=1S/C16H23ClO2/c1-2-3-4-5-6-9-14(16(18)19)11-13-8-7-10-15(17)12-13/h7-8,10,12,14H,2-6,9,11H2,1H3,(H,18,19). The molecule has 1 N–H and O–H groups in total. The molecule has 3 heteroatoms. The normalized spacial score (nSPS) is 12.3. The lowest BCUT2D eigenvalue weighted by Crippen LogP contribution is -2.16. The number of carbonyl (C=O) groups is 1. The second-order valence-electron chi connectivity index (χ2n) is 5.07. The Balaban J connectivity index is 2.42. The fourth-order valence-corrected chi connectivity index (χ4v) is 2.47. The molecule has 19 heavy (non-hydrogen) atoms. The summed E-state index contributed by atoms with van der Waals surface area (Å²) in [5.74, 6) is -0.990. The largest absolute Gasteiger partial charge is 0.481 e. The molecule has 1 unspecified atom stereocenters. The summed E-state index contributed by atoms with van der Waals surface area (Å²) in [5, 5.41) is 9.94. The van der Waals surface area contributed by atoms with Gasteiger partial charge in [0.15, 0.2) is 0 Å². The van der Waals surface area contributed by atoms with Crippen LogP contribution in [0.4, 0.5) is 0 Å². The molecular formula is C16H23ClO2. The number of aliphatic carboxylic acids is 1. The third-order valence-electron chi connectivity index (χ3n) is 3.38. The van der Waals surface area contributed by atoms with Gasteiger partial charge >= 0.3 is 5.97 Å². The number of hydrogen-bond acceptors (Lipinski definition) is 1. The van der Waals surface area contributed by atoms with Crippen molar-refractivity contribution in [1.82, 2.24) is 0 Å². The van der Waals surface area contributed by atoms with Crippen LogP contribution in [-0.4, -0.2) is 11.1 Å². The van der Waals surface area contributed by atoms with Crippen LogP contribution < -0.4 is 0 Å². The minimum Gasteiger partial charge on any atom is -0.481 e. The summed E-state index contributed by atoms with van der Waals surface area (Å²) in [6, 6.07) is 7.48. The van der Waals surface area contributed by atoms with Gasteiger partial charge < -0.3 is 5.11 Å². The van der Waals surface area contributed by atoms with E-state index in [-0.39, 0.29) is 5.92 Å². The first-order valence-corrected chi connectivity index (χ1v) is 7.48. The fourth-order valence-electron chi connectivity index (χ4n) is 2.26. The highest BCUT2D eigenvalue weighted by atomic mass is 35.5. The lowest BCUT2D eigenvalue weighted by Gasteiger charge is -2.12. The number of hydrogen-bond donors (Lipinski definition) is 1. The van der Waals surface area contributed by atoms with E-state index >= 15 is 0 Å². The Bertz CT molecular complexity index is 390. The van der Waals surface area contributed by atoms with Crippen LogP contribution in [0.1, 0.15) is 51.0 Å². The molecule has 1 atom stereocenters. The molecule has 1 aromatic rings. The van der Waals surface area contributed by atoms with Gasteiger partial charge in [0, 0.05) is 5.02 Å². The van der Waals surface area contributed by atoms with Crippen LogP contribution in [0.15, 0.2) is 24.3 Å². The molecule has 0 fully saturated rings. The van der Waals surface area contributed by atoms with E-state index in [1.54, 1.807) is 0 Å². The van der Waals surface area contributed by atoms with Gasteiger partial charge in [-0.25, -0.2) is 0 Å². The molecule has 1 rings (SSSR count). The van der Waals surface area contributed by atoms with Crippen molar-refractivity contribution < 1.29 is 9.90 Å². The van der Waals surface area contributed by atoms with E-state index in [0.717, 1.165) is 24.8 Å². The Morgan fingerprint density at radius 3 is 2.63 bits per heavy atom. The fraction of sp³-hybridized carbons (Fsp3) is 0.562. The van der Waals surface area contributed by atoms with Crippen molar-refractivity contribution in [3.8, 4) is 0 Å².